The summed E-state index contributed by atoms with van der Waals surface area (Å²) in [5.41, 5.74) is 0.794. The summed E-state index contributed by atoms with van der Waals surface area (Å²) in [5.74, 6) is 2.62. The van der Waals surface area contributed by atoms with Gasteiger partial charge in [0.2, 0.25) is 0 Å². The van der Waals surface area contributed by atoms with Crippen LogP contribution in [0.3, 0.4) is 0 Å². The zero-order valence-corrected chi connectivity index (χ0v) is 12.2. The van der Waals surface area contributed by atoms with Crippen LogP contribution in [0.4, 0.5) is 4.39 Å². The number of nitrogens with one attached hydrogen (secondary N) is 1. The summed E-state index contributed by atoms with van der Waals surface area (Å²) in [7, 11) is 2.00. The molecule has 3 rings (SSSR count). The number of hydrogen-bond acceptors (Lipinski definition) is 2. The van der Waals surface area contributed by atoms with E-state index in [1.54, 1.807) is 12.1 Å². The molecule has 1 saturated carbocycles. The molecule has 0 radical (unpaired) electrons. The van der Waals surface area contributed by atoms with Gasteiger partial charge in [0.05, 0.1) is 0 Å². The van der Waals surface area contributed by atoms with Crippen molar-refractivity contribution in [2.75, 3.05) is 13.6 Å². The van der Waals surface area contributed by atoms with E-state index < -0.39 is 0 Å². The molecule has 1 aromatic carbocycles. The standard InChI is InChI=1S/C17H22FNO/c1-11-3-4-12(10-19-2)15(7-11)17-9-13-8-14(18)5-6-16(13)20-17/h5-6,8-9,11-12,15,19H,3-4,7,10H2,1-2H3. The highest BCUT2D eigenvalue weighted by atomic mass is 19.1. The highest BCUT2D eigenvalue weighted by molar-refractivity contribution is 5.78. The Morgan fingerprint density at radius 3 is 2.95 bits per heavy atom. The van der Waals surface area contributed by atoms with Gasteiger partial charge in [-0.2, -0.15) is 0 Å². The van der Waals surface area contributed by atoms with Crippen LogP contribution in [0.1, 0.15) is 37.9 Å². The fourth-order valence-corrected chi connectivity index (χ4v) is 3.52. The average molecular weight is 275 g/mol. The van der Waals surface area contributed by atoms with E-state index in [0.717, 1.165) is 35.6 Å². The summed E-state index contributed by atoms with van der Waals surface area (Å²) in [5, 5.41) is 4.17. The van der Waals surface area contributed by atoms with Gasteiger partial charge in [-0.25, -0.2) is 4.39 Å². The first-order chi connectivity index (χ1) is 9.67. The Balaban J connectivity index is 1.93. The maximum atomic E-state index is 13.3. The number of halogens is 1. The van der Waals surface area contributed by atoms with E-state index in [0.29, 0.717) is 11.8 Å². The zero-order valence-electron chi connectivity index (χ0n) is 12.2. The van der Waals surface area contributed by atoms with Gasteiger partial charge < -0.3 is 9.73 Å². The van der Waals surface area contributed by atoms with Crippen LogP contribution in [0.2, 0.25) is 0 Å². The fourth-order valence-electron chi connectivity index (χ4n) is 3.52. The lowest BCUT2D eigenvalue weighted by atomic mass is 9.73. The Hall–Kier alpha value is -1.35. The molecule has 0 aliphatic heterocycles. The Labute approximate surface area is 119 Å². The topological polar surface area (TPSA) is 25.2 Å². The Kier molecular flexibility index (Phi) is 3.79. The molecule has 108 valence electrons. The van der Waals surface area contributed by atoms with Crippen molar-refractivity contribution >= 4 is 11.0 Å². The molecule has 0 bridgehead atoms. The molecule has 3 heteroatoms. The highest BCUT2D eigenvalue weighted by Crippen LogP contribution is 2.41. The Bertz CT molecular complexity index is 592. The van der Waals surface area contributed by atoms with Crippen LogP contribution in [0.15, 0.2) is 28.7 Å². The number of hydrogen-bond donors (Lipinski definition) is 1. The van der Waals surface area contributed by atoms with Gasteiger partial charge in [-0.1, -0.05) is 13.3 Å². The van der Waals surface area contributed by atoms with E-state index >= 15 is 0 Å². The lowest BCUT2D eigenvalue weighted by Gasteiger charge is -2.33. The second kappa shape index (κ2) is 5.57. The lowest BCUT2D eigenvalue weighted by Crippen LogP contribution is -2.29. The molecule has 1 aromatic heterocycles. The van der Waals surface area contributed by atoms with Crippen LogP contribution < -0.4 is 5.32 Å². The molecule has 0 spiro atoms. The van der Waals surface area contributed by atoms with Gasteiger partial charge in [0.1, 0.15) is 17.2 Å². The van der Waals surface area contributed by atoms with Gasteiger partial charge in [0.25, 0.3) is 0 Å². The maximum Gasteiger partial charge on any atom is 0.134 e. The summed E-state index contributed by atoms with van der Waals surface area (Å²) in [6.45, 7) is 3.33. The van der Waals surface area contributed by atoms with Crippen molar-refractivity contribution in [3.05, 3.63) is 35.8 Å². The largest absolute Gasteiger partial charge is 0.461 e. The van der Waals surface area contributed by atoms with Crippen molar-refractivity contribution < 1.29 is 8.81 Å². The molecular formula is C17H22FNO. The second-order valence-corrected chi connectivity index (χ2v) is 6.17. The summed E-state index contributed by atoms with van der Waals surface area (Å²) in [6, 6.07) is 6.78. The number of fused-ring (bicyclic) bond motifs is 1. The van der Waals surface area contributed by atoms with Gasteiger partial charge in [-0.3, -0.25) is 0 Å². The first kappa shape index (κ1) is 13.6. The van der Waals surface area contributed by atoms with Gasteiger partial charge in [0, 0.05) is 11.3 Å². The predicted octanol–water partition coefficient (Wildman–Crippen LogP) is 4.31. The van der Waals surface area contributed by atoms with E-state index in [2.05, 4.69) is 12.2 Å². The van der Waals surface area contributed by atoms with Crippen molar-refractivity contribution in [3.63, 3.8) is 0 Å². The van der Waals surface area contributed by atoms with Gasteiger partial charge >= 0.3 is 0 Å². The third-order valence-electron chi connectivity index (χ3n) is 4.58. The summed E-state index contributed by atoms with van der Waals surface area (Å²) in [6.07, 6.45) is 3.68. The monoisotopic (exact) mass is 275 g/mol. The quantitative estimate of drug-likeness (QED) is 0.903. The minimum Gasteiger partial charge on any atom is -0.461 e. The van der Waals surface area contributed by atoms with Gasteiger partial charge in [-0.15, -0.1) is 0 Å². The minimum absolute atomic E-state index is 0.200. The SMILES string of the molecule is CNCC1CCC(C)CC1c1cc2cc(F)ccc2o1. The van der Waals surface area contributed by atoms with E-state index in [1.165, 1.54) is 18.9 Å². The van der Waals surface area contributed by atoms with Crippen molar-refractivity contribution in [1.29, 1.82) is 0 Å². The van der Waals surface area contributed by atoms with Crippen LogP contribution in [0.25, 0.3) is 11.0 Å². The summed E-state index contributed by atoms with van der Waals surface area (Å²) >= 11 is 0. The molecule has 0 amide bonds. The number of benzene rings is 1. The molecule has 1 N–H and O–H groups in total. The summed E-state index contributed by atoms with van der Waals surface area (Å²) < 4.78 is 19.3. The van der Waals surface area contributed by atoms with Crippen LogP contribution in [0, 0.1) is 17.7 Å². The van der Waals surface area contributed by atoms with E-state index in [1.807, 2.05) is 13.1 Å². The van der Waals surface area contributed by atoms with E-state index in [-0.39, 0.29) is 5.82 Å². The molecule has 1 aliphatic carbocycles. The molecule has 2 aromatic rings. The van der Waals surface area contributed by atoms with Gasteiger partial charge in [-0.05, 0) is 62.5 Å². The molecule has 1 heterocycles. The van der Waals surface area contributed by atoms with Crippen LogP contribution in [0.5, 0.6) is 0 Å². The molecule has 1 aliphatic rings. The van der Waals surface area contributed by atoms with Crippen LogP contribution in [-0.2, 0) is 0 Å². The molecule has 20 heavy (non-hydrogen) atoms. The molecule has 2 nitrogen and oxygen atoms in total. The van der Waals surface area contributed by atoms with E-state index in [4.69, 9.17) is 4.42 Å². The van der Waals surface area contributed by atoms with Gasteiger partial charge in [0.15, 0.2) is 0 Å². The van der Waals surface area contributed by atoms with Crippen molar-refractivity contribution in [3.8, 4) is 0 Å². The lowest BCUT2D eigenvalue weighted by molar-refractivity contribution is 0.224. The fraction of sp³-hybridized carbons (Fsp3) is 0.529. The highest BCUT2D eigenvalue weighted by Gasteiger charge is 2.31. The third-order valence-corrected chi connectivity index (χ3v) is 4.58. The first-order valence-corrected chi connectivity index (χ1v) is 7.51. The number of furan rings is 1. The smallest absolute Gasteiger partial charge is 0.134 e. The number of rotatable bonds is 3. The second-order valence-electron chi connectivity index (χ2n) is 6.17. The molecule has 3 unspecified atom stereocenters. The summed E-state index contributed by atoms with van der Waals surface area (Å²) in [4.78, 5) is 0. The molecular weight excluding hydrogens is 253 g/mol. The first-order valence-electron chi connectivity index (χ1n) is 7.51. The molecule has 1 fully saturated rings. The Morgan fingerprint density at radius 1 is 1.30 bits per heavy atom. The average Bonchev–Trinajstić information content (AvgIpc) is 2.83. The van der Waals surface area contributed by atoms with Crippen LogP contribution in [-0.4, -0.2) is 13.6 Å². The molecule has 3 atom stereocenters. The van der Waals surface area contributed by atoms with Crippen molar-refractivity contribution in [1.82, 2.24) is 5.32 Å². The van der Waals surface area contributed by atoms with Crippen molar-refractivity contribution in [2.24, 2.45) is 11.8 Å². The zero-order chi connectivity index (χ0) is 14.1. The predicted molar refractivity (Wildman–Crippen MR) is 79.3 cm³/mol. The van der Waals surface area contributed by atoms with Crippen molar-refractivity contribution in [2.45, 2.75) is 32.1 Å². The third kappa shape index (κ3) is 2.59. The van der Waals surface area contributed by atoms with E-state index in [9.17, 15) is 4.39 Å². The minimum atomic E-state index is -0.200. The molecule has 0 saturated heterocycles. The Morgan fingerprint density at radius 2 is 2.15 bits per heavy atom. The van der Waals surface area contributed by atoms with Crippen LogP contribution >= 0.6 is 0 Å². The normalized spacial score (nSPS) is 27.1. The maximum absolute atomic E-state index is 13.3.